The van der Waals surface area contributed by atoms with E-state index < -0.39 is 5.97 Å². The Morgan fingerprint density at radius 1 is 1.33 bits per heavy atom. The Bertz CT molecular complexity index is 641. The quantitative estimate of drug-likeness (QED) is 0.750. The molecule has 0 saturated carbocycles. The number of nitrogens with one attached hydrogen (secondary N) is 2. The highest BCUT2D eigenvalue weighted by Gasteiger charge is 2.09. The predicted molar refractivity (Wildman–Crippen MR) is 82.3 cm³/mol. The van der Waals surface area contributed by atoms with Crippen molar-refractivity contribution < 1.29 is 14.7 Å². The molecular weight excluding hydrogens is 334 g/mol. The maximum atomic E-state index is 11.6. The van der Waals surface area contributed by atoms with Crippen LogP contribution in [-0.4, -0.2) is 28.6 Å². The minimum absolute atomic E-state index is 0.00761. The van der Waals surface area contributed by atoms with E-state index in [9.17, 15) is 9.59 Å². The third-order valence-electron chi connectivity index (χ3n) is 2.46. The second kappa shape index (κ2) is 7.39. The maximum absolute atomic E-state index is 11.6. The Balaban J connectivity index is 1.68. The number of aromatic carboxylic acids is 1. The number of carbonyl (C=O) groups is 2. The van der Waals surface area contributed by atoms with Gasteiger partial charge in [-0.05, 0) is 18.6 Å². The molecule has 0 unspecified atom stereocenters. The first-order chi connectivity index (χ1) is 10.0. The van der Waals surface area contributed by atoms with Gasteiger partial charge >= 0.3 is 12.0 Å². The Morgan fingerprint density at radius 2 is 2.14 bits per heavy atom. The average molecular weight is 346 g/mol. The van der Waals surface area contributed by atoms with Crippen molar-refractivity contribution in [1.29, 1.82) is 0 Å². The molecule has 2 amide bonds. The molecule has 21 heavy (non-hydrogen) atoms. The molecular formula is C12H12ClN3O3S2. The van der Waals surface area contributed by atoms with Gasteiger partial charge < -0.3 is 15.7 Å². The van der Waals surface area contributed by atoms with Crippen LogP contribution in [0.5, 0.6) is 0 Å². The lowest BCUT2D eigenvalue weighted by Gasteiger charge is -2.05. The van der Waals surface area contributed by atoms with Gasteiger partial charge in [0.25, 0.3) is 0 Å². The van der Waals surface area contributed by atoms with E-state index in [1.165, 1.54) is 28.1 Å². The van der Waals surface area contributed by atoms with Gasteiger partial charge in [0.2, 0.25) is 0 Å². The molecule has 0 bridgehead atoms. The zero-order chi connectivity index (χ0) is 15.2. The largest absolute Gasteiger partial charge is 0.476 e. The topological polar surface area (TPSA) is 91.3 Å². The van der Waals surface area contributed by atoms with Gasteiger partial charge in [-0.3, -0.25) is 0 Å². The lowest BCUT2D eigenvalue weighted by atomic mass is 10.3. The molecule has 6 nitrogen and oxygen atoms in total. The summed E-state index contributed by atoms with van der Waals surface area (Å²) in [6.45, 7) is 0.704. The lowest BCUT2D eigenvalue weighted by molar-refractivity contribution is 0.0691. The molecule has 2 rings (SSSR count). The molecule has 112 valence electrons. The molecule has 9 heteroatoms. The van der Waals surface area contributed by atoms with E-state index in [4.69, 9.17) is 16.7 Å². The van der Waals surface area contributed by atoms with Crippen molar-refractivity contribution in [2.24, 2.45) is 0 Å². The first kappa shape index (κ1) is 15.7. The molecule has 3 N–H and O–H groups in total. The summed E-state index contributed by atoms with van der Waals surface area (Å²) in [6, 6.07) is 3.43. The Hall–Kier alpha value is -1.64. The van der Waals surface area contributed by atoms with E-state index in [2.05, 4.69) is 15.6 Å². The molecule has 0 radical (unpaired) electrons. The fourth-order valence-electron chi connectivity index (χ4n) is 1.49. The van der Waals surface area contributed by atoms with Gasteiger partial charge in [0.15, 0.2) is 5.69 Å². The van der Waals surface area contributed by atoms with Crippen molar-refractivity contribution in [2.75, 3.05) is 6.54 Å². The van der Waals surface area contributed by atoms with Gasteiger partial charge in [0, 0.05) is 16.8 Å². The van der Waals surface area contributed by atoms with Crippen LogP contribution in [0.4, 0.5) is 4.79 Å². The summed E-state index contributed by atoms with van der Waals surface area (Å²) in [5.41, 5.74) is -0.00761. The summed E-state index contributed by atoms with van der Waals surface area (Å²) in [6.07, 6.45) is 0.714. The number of halogens is 1. The van der Waals surface area contributed by atoms with Gasteiger partial charge in [-0.2, -0.15) is 0 Å². The smallest absolute Gasteiger partial charge is 0.355 e. The van der Waals surface area contributed by atoms with Gasteiger partial charge in [0.1, 0.15) is 5.01 Å². The Labute approximate surface area is 133 Å². The molecule has 0 atom stereocenters. The fourth-order valence-corrected chi connectivity index (χ4v) is 3.29. The van der Waals surface area contributed by atoms with E-state index in [1.807, 2.05) is 12.1 Å². The van der Waals surface area contributed by atoms with E-state index >= 15 is 0 Å². The van der Waals surface area contributed by atoms with Crippen LogP contribution in [0.25, 0.3) is 0 Å². The number of carboxylic acid groups (broad SMARTS) is 1. The number of urea groups is 1. The maximum Gasteiger partial charge on any atom is 0.355 e. The van der Waals surface area contributed by atoms with Crippen molar-refractivity contribution in [3.8, 4) is 0 Å². The summed E-state index contributed by atoms with van der Waals surface area (Å²) in [5, 5.41) is 16.1. The van der Waals surface area contributed by atoms with E-state index in [-0.39, 0.29) is 18.3 Å². The average Bonchev–Trinajstić information content (AvgIpc) is 3.05. The van der Waals surface area contributed by atoms with Crippen molar-refractivity contribution in [1.82, 2.24) is 15.6 Å². The lowest BCUT2D eigenvalue weighted by Crippen LogP contribution is -2.36. The van der Waals surface area contributed by atoms with Gasteiger partial charge in [-0.25, -0.2) is 14.6 Å². The molecule has 0 saturated heterocycles. The highest BCUT2D eigenvalue weighted by atomic mass is 35.5. The molecule has 2 heterocycles. The third kappa shape index (κ3) is 5.00. The number of thiophene rings is 1. The van der Waals surface area contributed by atoms with Crippen molar-refractivity contribution in [2.45, 2.75) is 13.0 Å². The van der Waals surface area contributed by atoms with Crippen LogP contribution in [0.1, 0.15) is 20.4 Å². The number of nitrogens with zero attached hydrogens (tertiary/aromatic N) is 1. The molecule has 0 aromatic carbocycles. The molecule has 2 aromatic heterocycles. The van der Waals surface area contributed by atoms with Crippen LogP contribution in [0.2, 0.25) is 4.34 Å². The zero-order valence-electron chi connectivity index (χ0n) is 10.8. The van der Waals surface area contributed by atoms with Gasteiger partial charge in [-0.15, -0.1) is 22.7 Å². The fraction of sp³-hybridized carbons (Fsp3) is 0.250. The number of rotatable bonds is 6. The highest BCUT2D eigenvalue weighted by Crippen LogP contribution is 2.21. The van der Waals surface area contributed by atoms with Crippen molar-refractivity contribution in [3.05, 3.63) is 37.4 Å². The first-order valence-electron chi connectivity index (χ1n) is 5.98. The molecule has 0 aliphatic heterocycles. The SMILES string of the molecule is O=C(NCCc1ccc(Cl)s1)NCc1nc(C(=O)O)cs1. The Kier molecular flexibility index (Phi) is 5.54. The minimum atomic E-state index is -1.07. The first-order valence-corrected chi connectivity index (χ1v) is 8.05. The van der Waals surface area contributed by atoms with E-state index in [0.717, 1.165) is 9.21 Å². The number of aromatic nitrogens is 1. The third-order valence-corrected chi connectivity index (χ3v) is 4.60. The summed E-state index contributed by atoms with van der Waals surface area (Å²) in [7, 11) is 0. The summed E-state index contributed by atoms with van der Waals surface area (Å²) in [5.74, 6) is -1.07. The van der Waals surface area contributed by atoms with Gasteiger partial charge in [0.05, 0.1) is 10.9 Å². The number of hydrogen-bond acceptors (Lipinski definition) is 5. The number of amides is 2. The summed E-state index contributed by atoms with van der Waals surface area (Å²) in [4.78, 5) is 27.2. The number of hydrogen-bond donors (Lipinski definition) is 3. The molecule has 0 spiro atoms. The molecule has 0 fully saturated rings. The predicted octanol–water partition coefficient (Wildman–Crippen LogP) is 2.60. The van der Waals surface area contributed by atoms with Crippen LogP contribution < -0.4 is 10.6 Å². The van der Waals surface area contributed by atoms with Crippen LogP contribution in [-0.2, 0) is 13.0 Å². The van der Waals surface area contributed by atoms with Crippen LogP contribution >= 0.6 is 34.3 Å². The van der Waals surface area contributed by atoms with Crippen molar-refractivity contribution in [3.63, 3.8) is 0 Å². The molecule has 0 aliphatic rings. The number of thiazole rings is 1. The number of carboxylic acids is 1. The Morgan fingerprint density at radius 3 is 2.76 bits per heavy atom. The molecule has 2 aromatic rings. The number of carbonyl (C=O) groups excluding carboxylic acids is 1. The zero-order valence-corrected chi connectivity index (χ0v) is 13.1. The summed E-state index contributed by atoms with van der Waals surface area (Å²) < 4.78 is 0.729. The second-order valence-electron chi connectivity index (χ2n) is 4.00. The minimum Gasteiger partial charge on any atom is -0.476 e. The highest BCUT2D eigenvalue weighted by molar-refractivity contribution is 7.16. The van der Waals surface area contributed by atoms with Gasteiger partial charge in [-0.1, -0.05) is 11.6 Å². The van der Waals surface area contributed by atoms with E-state index in [0.29, 0.717) is 18.0 Å². The van der Waals surface area contributed by atoms with Crippen molar-refractivity contribution >= 4 is 46.3 Å². The monoisotopic (exact) mass is 345 g/mol. The normalized spacial score (nSPS) is 10.3. The van der Waals surface area contributed by atoms with Crippen LogP contribution in [0.3, 0.4) is 0 Å². The molecule has 0 aliphatic carbocycles. The van der Waals surface area contributed by atoms with Crippen LogP contribution in [0, 0.1) is 0 Å². The summed E-state index contributed by atoms with van der Waals surface area (Å²) >= 11 is 8.50. The van der Waals surface area contributed by atoms with Crippen LogP contribution in [0.15, 0.2) is 17.5 Å². The van der Waals surface area contributed by atoms with E-state index in [1.54, 1.807) is 0 Å². The standard InChI is InChI=1S/C12H12ClN3O3S2/c13-9-2-1-7(21-9)3-4-14-12(19)15-5-10-16-8(6-20-10)11(17)18/h1-2,6H,3-5H2,(H,17,18)(H2,14,15,19). The second-order valence-corrected chi connectivity index (χ2v) is 6.74.